The molecule has 3 heterocycles. The molecule has 0 atom stereocenters. The molecule has 9 heteroatoms. The van der Waals surface area contributed by atoms with Crippen LogP contribution >= 0.6 is 0 Å². The minimum atomic E-state index is -3.25. The topological polar surface area (TPSA) is 102 Å². The zero-order chi connectivity index (χ0) is 20.7. The number of furan rings is 1. The SMILES string of the molecule is CS(=O)(=O)c1ccc(-c2cnc(NCc3cccc4occc34)n3cnnc23)cc1. The molecule has 0 unspecified atom stereocenters. The van der Waals surface area contributed by atoms with Gasteiger partial charge in [0.05, 0.1) is 11.2 Å². The van der Waals surface area contributed by atoms with E-state index in [0.29, 0.717) is 18.1 Å². The average Bonchev–Trinajstić information content (AvgIpc) is 3.41. The molecule has 0 aliphatic heterocycles. The quantitative estimate of drug-likeness (QED) is 0.465. The number of anilines is 1. The number of sulfone groups is 1. The molecule has 0 amide bonds. The summed E-state index contributed by atoms with van der Waals surface area (Å²) < 4.78 is 30.6. The Morgan fingerprint density at radius 1 is 1.10 bits per heavy atom. The molecule has 0 saturated heterocycles. The molecule has 0 saturated carbocycles. The lowest BCUT2D eigenvalue weighted by Crippen LogP contribution is -2.07. The minimum Gasteiger partial charge on any atom is -0.464 e. The van der Waals surface area contributed by atoms with E-state index in [1.807, 2.05) is 24.3 Å². The lowest BCUT2D eigenvalue weighted by Gasteiger charge is -2.11. The first-order valence-electron chi connectivity index (χ1n) is 9.19. The second-order valence-corrected chi connectivity index (χ2v) is 8.94. The minimum absolute atomic E-state index is 0.267. The Morgan fingerprint density at radius 2 is 1.93 bits per heavy atom. The van der Waals surface area contributed by atoms with E-state index in [4.69, 9.17) is 4.42 Å². The van der Waals surface area contributed by atoms with E-state index in [1.165, 1.54) is 6.26 Å². The van der Waals surface area contributed by atoms with Gasteiger partial charge < -0.3 is 9.73 Å². The van der Waals surface area contributed by atoms with Crippen molar-refractivity contribution in [3.8, 4) is 11.1 Å². The van der Waals surface area contributed by atoms with Crippen molar-refractivity contribution < 1.29 is 12.8 Å². The fourth-order valence-electron chi connectivity index (χ4n) is 3.42. The number of hydrogen-bond acceptors (Lipinski definition) is 7. The van der Waals surface area contributed by atoms with Gasteiger partial charge >= 0.3 is 0 Å². The number of nitrogens with one attached hydrogen (secondary N) is 1. The summed E-state index contributed by atoms with van der Waals surface area (Å²) in [6, 6.07) is 14.5. The van der Waals surface area contributed by atoms with Crippen LogP contribution in [-0.4, -0.2) is 34.3 Å². The summed E-state index contributed by atoms with van der Waals surface area (Å²) in [7, 11) is -3.25. The molecule has 5 rings (SSSR count). The van der Waals surface area contributed by atoms with Crippen LogP contribution in [0.15, 0.2) is 76.6 Å². The van der Waals surface area contributed by atoms with E-state index >= 15 is 0 Å². The van der Waals surface area contributed by atoms with Crippen LogP contribution in [0.4, 0.5) is 5.95 Å². The highest BCUT2D eigenvalue weighted by Gasteiger charge is 2.13. The molecular formula is C21H17N5O3S. The summed E-state index contributed by atoms with van der Waals surface area (Å²) in [6.07, 6.45) is 6.16. The van der Waals surface area contributed by atoms with Gasteiger partial charge in [-0.3, -0.25) is 4.40 Å². The van der Waals surface area contributed by atoms with Crippen LogP contribution in [0.2, 0.25) is 0 Å². The number of nitrogens with zero attached hydrogens (tertiary/aromatic N) is 4. The Kier molecular flexibility index (Phi) is 4.25. The van der Waals surface area contributed by atoms with Crippen LogP contribution in [0.1, 0.15) is 5.56 Å². The van der Waals surface area contributed by atoms with E-state index in [2.05, 4.69) is 20.5 Å². The first kappa shape index (κ1) is 18.3. The molecule has 150 valence electrons. The summed E-state index contributed by atoms with van der Waals surface area (Å²) >= 11 is 0. The van der Waals surface area contributed by atoms with Crippen LogP contribution in [0.25, 0.3) is 27.7 Å². The standard InChI is InChI=1S/C21H17N5O3S/c1-30(27,28)16-7-5-14(6-8-16)18-12-23-21(26-13-24-25-20(18)26)22-11-15-3-2-4-19-17(15)9-10-29-19/h2-10,12-13H,11H2,1H3,(H,22,23). The van der Waals surface area contributed by atoms with Crippen LogP contribution in [0.5, 0.6) is 0 Å². The average molecular weight is 419 g/mol. The summed E-state index contributed by atoms with van der Waals surface area (Å²) in [5, 5.41) is 12.6. The maximum Gasteiger partial charge on any atom is 0.210 e. The Balaban J connectivity index is 1.48. The highest BCUT2D eigenvalue weighted by molar-refractivity contribution is 7.90. The zero-order valence-electron chi connectivity index (χ0n) is 16.0. The largest absolute Gasteiger partial charge is 0.464 e. The normalized spacial score (nSPS) is 11.9. The maximum atomic E-state index is 11.7. The smallest absolute Gasteiger partial charge is 0.210 e. The van der Waals surface area contributed by atoms with Gasteiger partial charge in [-0.15, -0.1) is 10.2 Å². The Morgan fingerprint density at radius 3 is 2.73 bits per heavy atom. The Labute approximate surface area is 172 Å². The number of aromatic nitrogens is 4. The summed E-state index contributed by atoms with van der Waals surface area (Å²) in [5.41, 5.74) is 4.12. The van der Waals surface area contributed by atoms with Gasteiger partial charge in [0.2, 0.25) is 5.95 Å². The molecule has 3 aromatic heterocycles. The molecule has 0 aliphatic rings. The Bertz CT molecular complexity index is 1470. The second-order valence-electron chi connectivity index (χ2n) is 6.92. The van der Waals surface area contributed by atoms with E-state index in [9.17, 15) is 8.42 Å². The third kappa shape index (κ3) is 3.18. The molecule has 0 bridgehead atoms. The van der Waals surface area contributed by atoms with E-state index in [0.717, 1.165) is 27.7 Å². The predicted molar refractivity (Wildman–Crippen MR) is 113 cm³/mol. The van der Waals surface area contributed by atoms with Gasteiger partial charge in [0, 0.05) is 29.9 Å². The van der Waals surface area contributed by atoms with Crippen molar-refractivity contribution in [3.05, 3.63) is 72.9 Å². The highest BCUT2D eigenvalue weighted by Crippen LogP contribution is 2.26. The van der Waals surface area contributed by atoms with Crippen molar-refractivity contribution in [2.45, 2.75) is 11.4 Å². The van der Waals surface area contributed by atoms with Crippen LogP contribution in [0.3, 0.4) is 0 Å². The number of rotatable bonds is 5. The monoisotopic (exact) mass is 419 g/mol. The second kappa shape index (κ2) is 6.96. The molecule has 1 N–H and O–H groups in total. The van der Waals surface area contributed by atoms with Gasteiger partial charge in [0.15, 0.2) is 15.5 Å². The van der Waals surface area contributed by atoms with Crippen molar-refractivity contribution in [2.75, 3.05) is 11.6 Å². The molecular weight excluding hydrogens is 402 g/mol. The van der Waals surface area contributed by atoms with Gasteiger partial charge in [0.25, 0.3) is 0 Å². The third-order valence-corrected chi connectivity index (χ3v) is 6.08. The van der Waals surface area contributed by atoms with Crippen LogP contribution in [-0.2, 0) is 16.4 Å². The molecule has 0 aliphatic carbocycles. The molecule has 0 spiro atoms. The molecule has 0 fully saturated rings. The van der Waals surface area contributed by atoms with Crippen molar-refractivity contribution in [2.24, 2.45) is 0 Å². The zero-order valence-corrected chi connectivity index (χ0v) is 16.8. The first-order chi connectivity index (χ1) is 14.5. The van der Waals surface area contributed by atoms with Gasteiger partial charge in [-0.2, -0.15) is 0 Å². The van der Waals surface area contributed by atoms with Gasteiger partial charge in [-0.1, -0.05) is 24.3 Å². The summed E-state index contributed by atoms with van der Waals surface area (Å²) in [5.74, 6) is 0.604. The molecule has 8 nitrogen and oxygen atoms in total. The highest BCUT2D eigenvalue weighted by atomic mass is 32.2. The third-order valence-electron chi connectivity index (χ3n) is 4.95. The van der Waals surface area contributed by atoms with Crippen molar-refractivity contribution in [1.82, 2.24) is 19.6 Å². The lowest BCUT2D eigenvalue weighted by molar-refractivity contribution is 0.602. The summed E-state index contributed by atoms with van der Waals surface area (Å²) in [6.45, 7) is 0.555. The lowest BCUT2D eigenvalue weighted by atomic mass is 10.1. The van der Waals surface area contributed by atoms with Crippen LogP contribution in [0, 0.1) is 0 Å². The number of fused-ring (bicyclic) bond motifs is 2. The number of benzene rings is 2. The fraction of sp³-hybridized carbons (Fsp3) is 0.0952. The van der Waals surface area contributed by atoms with Crippen molar-refractivity contribution in [3.63, 3.8) is 0 Å². The Hall–Kier alpha value is -3.72. The molecule has 2 aromatic carbocycles. The van der Waals surface area contributed by atoms with Crippen molar-refractivity contribution in [1.29, 1.82) is 0 Å². The van der Waals surface area contributed by atoms with Gasteiger partial charge in [-0.05, 0) is 35.4 Å². The van der Waals surface area contributed by atoms with Crippen molar-refractivity contribution >= 4 is 32.4 Å². The fourth-order valence-corrected chi connectivity index (χ4v) is 4.05. The van der Waals surface area contributed by atoms with Crippen LogP contribution < -0.4 is 5.32 Å². The van der Waals surface area contributed by atoms with E-state index in [-0.39, 0.29) is 4.90 Å². The van der Waals surface area contributed by atoms with Gasteiger partial charge in [0.1, 0.15) is 11.9 Å². The van der Waals surface area contributed by atoms with E-state index < -0.39 is 9.84 Å². The molecule has 30 heavy (non-hydrogen) atoms. The van der Waals surface area contributed by atoms with Gasteiger partial charge in [-0.25, -0.2) is 13.4 Å². The first-order valence-corrected chi connectivity index (χ1v) is 11.1. The maximum absolute atomic E-state index is 11.7. The number of hydrogen-bond donors (Lipinski definition) is 1. The predicted octanol–water partition coefficient (Wildman–Crippen LogP) is 3.55. The summed E-state index contributed by atoms with van der Waals surface area (Å²) in [4.78, 5) is 4.81. The molecule has 0 radical (unpaired) electrons. The molecule has 5 aromatic rings. The van der Waals surface area contributed by atoms with E-state index in [1.54, 1.807) is 47.5 Å².